The molecule has 0 amide bonds. The molecule has 0 saturated carbocycles. The molecule has 108 valence electrons. The lowest BCUT2D eigenvalue weighted by Gasteiger charge is -2.24. The Labute approximate surface area is 118 Å². The van der Waals surface area contributed by atoms with Crippen molar-refractivity contribution in [1.82, 2.24) is 14.9 Å². The first-order chi connectivity index (χ1) is 9.74. The highest BCUT2D eigenvalue weighted by molar-refractivity contribution is 5.69. The quantitative estimate of drug-likeness (QED) is 0.870. The van der Waals surface area contributed by atoms with Gasteiger partial charge in [0.15, 0.2) is 0 Å². The third-order valence-corrected chi connectivity index (χ3v) is 4.10. The number of nitrogens with zero attached hydrogens (tertiary/aromatic N) is 4. The minimum atomic E-state index is -0.749. The lowest BCUT2D eigenvalue weighted by atomic mass is 10.2. The second kappa shape index (κ2) is 5.75. The van der Waals surface area contributed by atoms with Crippen molar-refractivity contribution in [2.45, 2.75) is 25.7 Å². The Kier molecular flexibility index (Phi) is 3.82. The summed E-state index contributed by atoms with van der Waals surface area (Å²) in [5.41, 5.74) is 2.50. The number of aryl methyl sites for hydroxylation is 1. The van der Waals surface area contributed by atoms with E-state index < -0.39 is 5.97 Å². The molecule has 1 N–H and O–H groups in total. The summed E-state index contributed by atoms with van der Waals surface area (Å²) in [4.78, 5) is 24.0. The van der Waals surface area contributed by atoms with E-state index in [4.69, 9.17) is 5.11 Å². The molecule has 0 unspecified atom stereocenters. The molecule has 6 nitrogen and oxygen atoms in total. The maximum absolute atomic E-state index is 10.8. The topological polar surface area (TPSA) is 69.6 Å². The molecule has 1 aliphatic carbocycles. The van der Waals surface area contributed by atoms with Crippen molar-refractivity contribution >= 4 is 11.8 Å². The molecular formula is C14H20N4O2. The molecule has 6 heteroatoms. The molecule has 0 spiro atoms. The molecule has 0 atom stereocenters. The van der Waals surface area contributed by atoms with Gasteiger partial charge >= 0.3 is 5.97 Å². The van der Waals surface area contributed by atoms with Gasteiger partial charge in [0.1, 0.15) is 12.1 Å². The van der Waals surface area contributed by atoms with Crippen LogP contribution in [0.4, 0.5) is 5.82 Å². The van der Waals surface area contributed by atoms with Crippen LogP contribution in [0, 0.1) is 0 Å². The summed E-state index contributed by atoms with van der Waals surface area (Å²) in [6, 6.07) is 0. The fourth-order valence-corrected chi connectivity index (χ4v) is 3.15. The minimum absolute atomic E-state index is 0.135. The van der Waals surface area contributed by atoms with E-state index in [1.807, 2.05) is 4.90 Å². The first kappa shape index (κ1) is 13.3. The van der Waals surface area contributed by atoms with Crippen molar-refractivity contribution in [2.24, 2.45) is 0 Å². The van der Waals surface area contributed by atoms with Crippen LogP contribution in [0.1, 0.15) is 24.1 Å². The average Bonchev–Trinajstić information content (AvgIpc) is 2.79. The van der Waals surface area contributed by atoms with Crippen molar-refractivity contribution in [2.75, 3.05) is 37.6 Å². The molecule has 2 heterocycles. The Morgan fingerprint density at radius 1 is 1.15 bits per heavy atom. The van der Waals surface area contributed by atoms with Crippen LogP contribution in [0.3, 0.4) is 0 Å². The van der Waals surface area contributed by atoms with Gasteiger partial charge in [0, 0.05) is 37.4 Å². The van der Waals surface area contributed by atoms with E-state index in [1.165, 1.54) is 17.7 Å². The van der Waals surface area contributed by atoms with Gasteiger partial charge in [0.25, 0.3) is 0 Å². The predicted molar refractivity (Wildman–Crippen MR) is 75.0 cm³/mol. The summed E-state index contributed by atoms with van der Waals surface area (Å²) in [5, 5.41) is 8.89. The van der Waals surface area contributed by atoms with Crippen molar-refractivity contribution in [3.05, 3.63) is 17.6 Å². The fourth-order valence-electron chi connectivity index (χ4n) is 3.15. The standard InChI is InChI=1S/C14H20N4O2/c19-13(20)9-17-5-2-6-18(8-7-17)14-11-3-1-4-12(11)15-10-16-14/h10H,1-9H2,(H,19,20). The molecule has 0 bridgehead atoms. The van der Waals surface area contributed by atoms with Crippen LogP contribution < -0.4 is 4.90 Å². The zero-order valence-corrected chi connectivity index (χ0v) is 11.6. The number of aromatic nitrogens is 2. The van der Waals surface area contributed by atoms with E-state index in [-0.39, 0.29) is 6.54 Å². The smallest absolute Gasteiger partial charge is 0.317 e. The fraction of sp³-hybridized carbons (Fsp3) is 0.643. The molecule has 1 fully saturated rings. The molecule has 2 aliphatic rings. The van der Waals surface area contributed by atoms with Crippen LogP contribution in [0.2, 0.25) is 0 Å². The average molecular weight is 276 g/mol. The normalized spacial score (nSPS) is 19.7. The van der Waals surface area contributed by atoms with Gasteiger partial charge in [0.2, 0.25) is 0 Å². The van der Waals surface area contributed by atoms with Crippen LogP contribution in [0.15, 0.2) is 6.33 Å². The second-order valence-corrected chi connectivity index (χ2v) is 5.49. The maximum atomic E-state index is 10.8. The summed E-state index contributed by atoms with van der Waals surface area (Å²) in [6.07, 6.45) is 5.94. The van der Waals surface area contributed by atoms with E-state index >= 15 is 0 Å². The Balaban J connectivity index is 1.72. The number of carboxylic acids is 1. The van der Waals surface area contributed by atoms with Crippen molar-refractivity contribution < 1.29 is 9.90 Å². The van der Waals surface area contributed by atoms with Crippen molar-refractivity contribution in [3.8, 4) is 0 Å². The van der Waals surface area contributed by atoms with Gasteiger partial charge in [-0.1, -0.05) is 0 Å². The van der Waals surface area contributed by atoms with E-state index in [0.29, 0.717) is 0 Å². The highest BCUT2D eigenvalue weighted by Gasteiger charge is 2.23. The Hall–Kier alpha value is -1.69. The number of carboxylic acid groups (broad SMARTS) is 1. The van der Waals surface area contributed by atoms with Crippen LogP contribution in [-0.2, 0) is 17.6 Å². The van der Waals surface area contributed by atoms with Gasteiger partial charge < -0.3 is 10.0 Å². The van der Waals surface area contributed by atoms with Gasteiger partial charge in [-0.2, -0.15) is 0 Å². The van der Waals surface area contributed by atoms with Crippen LogP contribution in [0.5, 0.6) is 0 Å². The van der Waals surface area contributed by atoms with Gasteiger partial charge in [-0.25, -0.2) is 9.97 Å². The van der Waals surface area contributed by atoms with Crippen molar-refractivity contribution in [3.63, 3.8) is 0 Å². The summed E-state index contributed by atoms with van der Waals surface area (Å²) in [5.74, 6) is 0.325. The number of anilines is 1. The summed E-state index contributed by atoms with van der Waals surface area (Å²) in [7, 11) is 0. The van der Waals surface area contributed by atoms with E-state index in [9.17, 15) is 4.79 Å². The molecule has 1 aromatic rings. The lowest BCUT2D eigenvalue weighted by molar-refractivity contribution is -0.138. The van der Waals surface area contributed by atoms with E-state index in [0.717, 1.165) is 51.3 Å². The molecule has 0 aromatic carbocycles. The molecule has 0 radical (unpaired) electrons. The zero-order valence-electron chi connectivity index (χ0n) is 11.6. The lowest BCUT2D eigenvalue weighted by Crippen LogP contribution is -2.34. The summed E-state index contributed by atoms with van der Waals surface area (Å²) < 4.78 is 0. The molecule has 3 rings (SSSR count). The van der Waals surface area contributed by atoms with Crippen LogP contribution in [0.25, 0.3) is 0 Å². The van der Waals surface area contributed by atoms with Gasteiger partial charge in [0.05, 0.1) is 6.54 Å². The van der Waals surface area contributed by atoms with Gasteiger partial charge in [-0.05, 0) is 25.7 Å². The molecule has 1 aliphatic heterocycles. The number of fused-ring (bicyclic) bond motifs is 1. The largest absolute Gasteiger partial charge is 0.480 e. The highest BCUT2D eigenvalue weighted by atomic mass is 16.4. The SMILES string of the molecule is O=C(O)CN1CCCN(c2ncnc3c2CCC3)CC1. The first-order valence-corrected chi connectivity index (χ1v) is 7.26. The molecule has 20 heavy (non-hydrogen) atoms. The Morgan fingerprint density at radius 3 is 2.90 bits per heavy atom. The number of hydrogen-bond acceptors (Lipinski definition) is 5. The third kappa shape index (κ3) is 2.75. The van der Waals surface area contributed by atoms with Crippen LogP contribution >= 0.6 is 0 Å². The number of carbonyl (C=O) groups is 1. The third-order valence-electron chi connectivity index (χ3n) is 4.10. The van der Waals surface area contributed by atoms with Gasteiger partial charge in [-0.3, -0.25) is 9.69 Å². The highest BCUT2D eigenvalue weighted by Crippen LogP contribution is 2.28. The molecule has 1 aromatic heterocycles. The monoisotopic (exact) mass is 276 g/mol. The maximum Gasteiger partial charge on any atom is 0.317 e. The summed E-state index contributed by atoms with van der Waals surface area (Å²) >= 11 is 0. The Bertz CT molecular complexity index is 506. The number of hydrogen-bond donors (Lipinski definition) is 1. The predicted octanol–water partition coefficient (Wildman–Crippen LogP) is 0.562. The van der Waals surface area contributed by atoms with Crippen molar-refractivity contribution in [1.29, 1.82) is 0 Å². The first-order valence-electron chi connectivity index (χ1n) is 7.26. The molecular weight excluding hydrogens is 256 g/mol. The van der Waals surface area contributed by atoms with E-state index in [2.05, 4.69) is 14.9 Å². The summed E-state index contributed by atoms with van der Waals surface area (Å²) in [6.45, 7) is 3.55. The zero-order chi connectivity index (χ0) is 13.9. The Morgan fingerprint density at radius 2 is 2.05 bits per heavy atom. The number of aliphatic carboxylic acids is 1. The van der Waals surface area contributed by atoms with E-state index in [1.54, 1.807) is 6.33 Å². The minimum Gasteiger partial charge on any atom is -0.480 e. The van der Waals surface area contributed by atoms with Crippen LogP contribution in [-0.4, -0.2) is 58.7 Å². The number of rotatable bonds is 3. The second-order valence-electron chi connectivity index (χ2n) is 5.49. The molecule has 1 saturated heterocycles. The van der Waals surface area contributed by atoms with Gasteiger partial charge in [-0.15, -0.1) is 0 Å².